The number of sulfonamides is 1. The summed E-state index contributed by atoms with van der Waals surface area (Å²) in [5, 5.41) is 9.09. The van der Waals surface area contributed by atoms with Gasteiger partial charge in [-0.3, -0.25) is 14.3 Å². The highest BCUT2D eigenvalue weighted by molar-refractivity contribution is 7.92. The Balaban J connectivity index is 0.00000385. The van der Waals surface area contributed by atoms with Crippen LogP contribution < -0.4 is 20.7 Å². The van der Waals surface area contributed by atoms with Gasteiger partial charge in [-0.05, 0) is 48.6 Å². The van der Waals surface area contributed by atoms with E-state index in [4.69, 9.17) is 11.6 Å². The second-order valence-corrected chi connectivity index (χ2v) is 10.1. The van der Waals surface area contributed by atoms with Crippen LogP contribution in [0.5, 0.6) is 0 Å². The number of rotatable bonds is 8. The Kier molecular flexibility index (Phi) is 9.54. The number of nitrogens with one attached hydrogen (secondary N) is 4. The lowest BCUT2D eigenvalue weighted by Crippen LogP contribution is -2.49. The Morgan fingerprint density at radius 1 is 1.18 bits per heavy atom. The standard InChI is InChI=1S/C22H27ClN4O4S.ClH/c1-14(26-22(29)20-11-16(12-24-20)15-6-4-3-5-7-15)21(28)25-13-17-10-18(23)8-9-19(17)27-32(2,30)31;/h3-10,14,16,20,24,27H,11-13H2,1-2H3,(H,25,28)(H,26,29);1H/t14-,16-,20+;/m0./s1. The van der Waals surface area contributed by atoms with Crippen LogP contribution in [0, 0.1) is 0 Å². The minimum Gasteiger partial charge on any atom is -0.350 e. The van der Waals surface area contributed by atoms with Gasteiger partial charge in [0.25, 0.3) is 0 Å². The quantitative estimate of drug-likeness (QED) is 0.431. The third-order valence-electron chi connectivity index (χ3n) is 5.29. The fourth-order valence-electron chi connectivity index (χ4n) is 3.64. The van der Waals surface area contributed by atoms with Crippen LogP contribution in [0.25, 0.3) is 0 Å². The monoisotopic (exact) mass is 514 g/mol. The van der Waals surface area contributed by atoms with E-state index in [9.17, 15) is 18.0 Å². The summed E-state index contributed by atoms with van der Waals surface area (Å²) in [5.74, 6) is -0.366. The molecule has 8 nitrogen and oxygen atoms in total. The normalized spacial score (nSPS) is 18.6. The largest absolute Gasteiger partial charge is 0.350 e. The van der Waals surface area contributed by atoms with Crippen molar-refractivity contribution in [3.8, 4) is 0 Å². The van der Waals surface area contributed by atoms with Crippen LogP contribution in [0.4, 0.5) is 5.69 Å². The highest BCUT2D eigenvalue weighted by Crippen LogP contribution is 2.25. The van der Waals surface area contributed by atoms with Crippen LogP contribution >= 0.6 is 24.0 Å². The van der Waals surface area contributed by atoms with Crippen LogP contribution in [0.1, 0.15) is 30.4 Å². The van der Waals surface area contributed by atoms with E-state index in [-0.39, 0.29) is 42.7 Å². The van der Waals surface area contributed by atoms with Crippen molar-refractivity contribution >= 4 is 51.5 Å². The fraction of sp³-hybridized carbons (Fsp3) is 0.364. The first kappa shape index (κ1) is 26.9. The molecule has 3 atom stereocenters. The molecule has 1 aliphatic heterocycles. The molecule has 0 unspecified atom stereocenters. The van der Waals surface area contributed by atoms with Crippen molar-refractivity contribution in [1.82, 2.24) is 16.0 Å². The maximum Gasteiger partial charge on any atom is 0.242 e. The van der Waals surface area contributed by atoms with Gasteiger partial charge >= 0.3 is 0 Å². The number of hydrogen-bond donors (Lipinski definition) is 4. The molecule has 0 spiro atoms. The molecule has 0 aromatic heterocycles. The highest BCUT2D eigenvalue weighted by Gasteiger charge is 2.31. The molecule has 0 bridgehead atoms. The predicted octanol–water partition coefficient (Wildman–Crippen LogP) is 2.40. The van der Waals surface area contributed by atoms with Crippen molar-refractivity contribution in [2.45, 2.75) is 37.9 Å². The van der Waals surface area contributed by atoms with E-state index < -0.39 is 16.1 Å². The van der Waals surface area contributed by atoms with Gasteiger partial charge in [0.2, 0.25) is 21.8 Å². The van der Waals surface area contributed by atoms with Crippen LogP contribution in [0.3, 0.4) is 0 Å². The number of halogens is 2. The van der Waals surface area contributed by atoms with E-state index in [0.717, 1.165) is 6.26 Å². The summed E-state index contributed by atoms with van der Waals surface area (Å²) in [6.45, 7) is 2.35. The summed E-state index contributed by atoms with van der Waals surface area (Å²) in [7, 11) is -3.49. The zero-order chi connectivity index (χ0) is 23.3. The van der Waals surface area contributed by atoms with Gasteiger partial charge in [0.05, 0.1) is 18.0 Å². The summed E-state index contributed by atoms with van der Waals surface area (Å²) in [6.07, 6.45) is 1.70. The second-order valence-electron chi connectivity index (χ2n) is 7.93. The predicted molar refractivity (Wildman–Crippen MR) is 132 cm³/mol. The number of carbonyl (C=O) groups excluding carboxylic acids is 2. The van der Waals surface area contributed by atoms with E-state index in [0.29, 0.717) is 29.2 Å². The number of carbonyl (C=O) groups is 2. The van der Waals surface area contributed by atoms with Crippen LogP contribution in [0.15, 0.2) is 48.5 Å². The Labute approximate surface area is 205 Å². The number of hydrogen-bond acceptors (Lipinski definition) is 5. The average Bonchev–Trinajstić information content (AvgIpc) is 3.24. The van der Waals surface area contributed by atoms with Crippen molar-refractivity contribution < 1.29 is 18.0 Å². The topological polar surface area (TPSA) is 116 Å². The summed E-state index contributed by atoms with van der Waals surface area (Å²) in [4.78, 5) is 25.1. The molecule has 1 aliphatic rings. The van der Waals surface area contributed by atoms with Crippen LogP contribution in [0.2, 0.25) is 5.02 Å². The second kappa shape index (κ2) is 11.7. The first-order valence-electron chi connectivity index (χ1n) is 10.2. The molecule has 0 aliphatic carbocycles. The molecule has 2 aromatic rings. The van der Waals surface area contributed by atoms with Gasteiger partial charge in [0.1, 0.15) is 6.04 Å². The zero-order valence-corrected chi connectivity index (χ0v) is 20.7. The molecule has 0 saturated carbocycles. The first-order chi connectivity index (χ1) is 15.1. The minimum absolute atomic E-state index is 0. The molecule has 0 radical (unpaired) electrons. The molecule has 33 heavy (non-hydrogen) atoms. The first-order valence-corrected chi connectivity index (χ1v) is 12.5. The molecule has 11 heteroatoms. The summed E-state index contributed by atoms with van der Waals surface area (Å²) in [6, 6.07) is 13.5. The van der Waals surface area contributed by atoms with Gasteiger partial charge in [0, 0.05) is 18.1 Å². The van der Waals surface area contributed by atoms with Crippen molar-refractivity contribution in [1.29, 1.82) is 0 Å². The lowest BCUT2D eigenvalue weighted by atomic mass is 9.96. The zero-order valence-electron chi connectivity index (χ0n) is 18.3. The minimum atomic E-state index is -3.49. The maximum absolute atomic E-state index is 12.6. The van der Waals surface area contributed by atoms with Gasteiger partial charge in [-0.2, -0.15) is 0 Å². The molecule has 2 aromatic carbocycles. The van der Waals surface area contributed by atoms with E-state index in [2.05, 4.69) is 20.7 Å². The Hall–Kier alpha value is -2.33. The van der Waals surface area contributed by atoms with Gasteiger partial charge in [-0.25, -0.2) is 8.42 Å². The Bertz CT molecular complexity index is 1080. The lowest BCUT2D eigenvalue weighted by Gasteiger charge is -2.18. The molecule has 4 N–H and O–H groups in total. The summed E-state index contributed by atoms with van der Waals surface area (Å²) < 4.78 is 25.5. The van der Waals surface area contributed by atoms with Crippen molar-refractivity contribution in [2.24, 2.45) is 0 Å². The maximum atomic E-state index is 12.6. The van der Waals surface area contributed by atoms with Crippen molar-refractivity contribution in [3.63, 3.8) is 0 Å². The van der Waals surface area contributed by atoms with Gasteiger partial charge < -0.3 is 16.0 Å². The molecule has 3 rings (SSSR count). The summed E-state index contributed by atoms with van der Waals surface area (Å²) >= 11 is 6.01. The molecule has 1 fully saturated rings. The highest BCUT2D eigenvalue weighted by atomic mass is 35.5. The third kappa shape index (κ3) is 7.89. The Morgan fingerprint density at radius 2 is 1.88 bits per heavy atom. The van der Waals surface area contributed by atoms with Gasteiger partial charge in [-0.1, -0.05) is 41.9 Å². The lowest BCUT2D eigenvalue weighted by molar-refractivity contribution is -0.129. The SMILES string of the molecule is C[C@H](NC(=O)[C@H]1C[C@H](c2ccccc2)CN1)C(=O)NCc1cc(Cl)ccc1NS(C)(=O)=O.Cl. The number of benzene rings is 2. The smallest absolute Gasteiger partial charge is 0.242 e. The number of amides is 2. The van der Waals surface area contributed by atoms with E-state index in [1.165, 1.54) is 11.6 Å². The number of anilines is 1. The van der Waals surface area contributed by atoms with Crippen LogP contribution in [-0.2, 0) is 26.2 Å². The molecule has 2 amide bonds. The van der Waals surface area contributed by atoms with Gasteiger partial charge in [0.15, 0.2) is 0 Å². The van der Waals surface area contributed by atoms with E-state index >= 15 is 0 Å². The molecule has 1 heterocycles. The molecule has 180 valence electrons. The molecule has 1 saturated heterocycles. The third-order valence-corrected chi connectivity index (χ3v) is 6.11. The molecular formula is C22H28Cl2N4O4S. The van der Waals surface area contributed by atoms with Crippen LogP contribution in [-0.4, -0.2) is 45.1 Å². The van der Waals surface area contributed by atoms with Gasteiger partial charge in [-0.15, -0.1) is 12.4 Å². The van der Waals surface area contributed by atoms with E-state index in [1.807, 2.05) is 30.3 Å². The van der Waals surface area contributed by atoms with Crippen molar-refractivity contribution in [2.75, 3.05) is 17.5 Å². The average molecular weight is 515 g/mol. The summed E-state index contributed by atoms with van der Waals surface area (Å²) in [5.41, 5.74) is 2.02. The van der Waals surface area contributed by atoms with Crippen molar-refractivity contribution in [3.05, 3.63) is 64.7 Å². The Morgan fingerprint density at radius 3 is 2.55 bits per heavy atom. The fourth-order valence-corrected chi connectivity index (χ4v) is 4.43. The molecular weight excluding hydrogens is 487 g/mol. The van der Waals surface area contributed by atoms with E-state index in [1.54, 1.807) is 19.1 Å².